The van der Waals surface area contributed by atoms with Crippen molar-refractivity contribution in [3.05, 3.63) is 22.7 Å². The topological polar surface area (TPSA) is 91.0 Å². The number of rotatable bonds is 3. The number of nitriles is 1. The number of aromatic amines is 1. The maximum absolute atomic E-state index is 9.67. The van der Waals surface area contributed by atoms with E-state index in [2.05, 4.69) is 35.0 Å². The Labute approximate surface area is 130 Å². The van der Waals surface area contributed by atoms with Crippen molar-refractivity contribution >= 4 is 0 Å². The summed E-state index contributed by atoms with van der Waals surface area (Å²) in [6.45, 7) is 7.27. The zero-order chi connectivity index (χ0) is 15.7. The number of fused-ring (bicyclic) bond motifs is 2. The SMILES string of the molecule is CCCc1[nH]nc2c1C1(CCN(CC)CC1)C(C#N)=C(N)O2. The van der Waals surface area contributed by atoms with Gasteiger partial charge in [0.15, 0.2) is 0 Å². The number of hydrogen-bond acceptors (Lipinski definition) is 5. The molecule has 0 radical (unpaired) electrons. The molecule has 0 aromatic carbocycles. The van der Waals surface area contributed by atoms with Gasteiger partial charge in [-0.1, -0.05) is 20.3 Å². The van der Waals surface area contributed by atoms with Crippen molar-refractivity contribution in [3.8, 4) is 11.9 Å². The largest absolute Gasteiger partial charge is 0.420 e. The number of nitrogens with one attached hydrogen (secondary N) is 1. The quantitative estimate of drug-likeness (QED) is 0.888. The summed E-state index contributed by atoms with van der Waals surface area (Å²) in [5.41, 5.74) is 8.42. The standard InChI is InChI=1S/C16H23N5O/c1-3-5-12-13-15(20-19-12)22-14(18)11(10-17)16(13)6-8-21(4-2)9-7-16/h3-9,18H2,1-2H3,(H,19,20). The van der Waals surface area contributed by atoms with Crippen molar-refractivity contribution in [2.45, 2.75) is 44.9 Å². The zero-order valence-electron chi connectivity index (χ0n) is 13.3. The predicted octanol–water partition coefficient (Wildman–Crippen LogP) is 1.80. The molecule has 1 aromatic heterocycles. The fraction of sp³-hybridized carbons (Fsp3) is 0.625. The van der Waals surface area contributed by atoms with Crippen molar-refractivity contribution in [1.29, 1.82) is 5.26 Å². The summed E-state index contributed by atoms with van der Waals surface area (Å²) in [7, 11) is 0. The lowest BCUT2D eigenvalue weighted by Crippen LogP contribution is -2.46. The molecule has 0 aliphatic carbocycles. The molecule has 3 heterocycles. The molecule has 3 N–H and O–H groups in total. The Hall–Kier alpha value is -2.00. The number of piperidine rings is 1. The van der Waals surface area contributed by atoms with Gasteiger partial charge in [-0.2, -0.15) is 5.26 Å². The molecule has 22 heavy (non-hydrogen) atoms. The highest BCUT2D eigenvalue weighted by Gasteiger charge is 2.48. The number of allylic oxidation sites excluding steroid dienone is 1. The number of ether oxygens (including phenoxy) is 1. The molecule has 2 aliphatic heterocycles. The van der Waals surface area contributed by atoms with Gasteiger partial charge in [0.1, 0.15) is 11.6 Å². The lowest BCUT2D eigenvalue weighted by atomic mass is 9.66. The molecular formula is C16H23N5O. The van der Waals surface area contributed by atoms with Crippen LogP contribution >= 0.6 is 0 Å². The van der Waals surface area contributed by atoms with Gasteiger partial charge in [-0.25, -0.2) is 0 Å². The molecule has 0 amide bonds. The van der Waals surface area contributed by atoms with E-state index in [-0.39, 0.29) is 11.3 Å². The van der Waals surface area contributed by atoms with E-state index in [4.69, 9.17) is 10.5 Å². The summed E-state index contributed by atoms with van der Waals surface area (Å²) in [6, 6.07) is 2.32. The zero-order valence-corrected chi connectivity index (χ0v) is 13.3. The summed E-state index contributed by atoms with van der Waals surface area (Å²) in [6.07, 6.45) is 3.70. The summed E-state index contributed by atoms with van der Waals surface area (Å²) in [5.74, 6) is 0.777. The highest BCUT2D eigenvalue weighted by atomic mass is 16.5. The van der Waals surface area contributed by atoms with E-state index in [0.29, 0.717) is 11.5 Å². The Morgan fingerprint density at radius 2 is 2.14 bits per heavy atom. The molecule has 118 valence electrons. The lowest BCUT2D eigenvalue weighted by molar-refractivity contribution is 0.175. The molecule has 0 unspecified atom stereocenters. The van der Waals surface area contributed by atoms with Crippen molar-refractivity contribution in [2.75, 3.05) is 19.6 Å². The van der Waals surface area contributed by atoms with Crippen LogP contribution < -0.4 is 10.5 Å². The lowest BCUT2D eigenvalue weighted by Gasteiger charge is -2.43. The Kier molecular flexibility index (Phi) is 3.83. The number of nitrogens with zero attached hydrogens (tertiary/aromatic N) is 3. The number of aryl methyl sites for hydroxylation is 1. The number of likely N-dealkylation sites (tertiary alicyclic amines) is 1. The number of nitrogens with two attached hydrogens (primary N) is 1. The Bertz CT molecular complexity index is 631. The van der Waals surface area contributed by atoms with E-state index in [1.807, 2.05) is 0 Å². The van der Waals surface area contributed by atoms with Crippen LogP contribution in [0.4, 0.5) is 0 Å². The van der Waals surface area contributed by atoms with E-state index in [0.717, 1.165) is 56.6 Å². The van der Waals surface area contributed by atoms with Crippen LogP contribution in [0.15, 0.2) is 11.5 Å². The first kappa shape index (κ1) is 14.9. The van der Waals surface area contributed by atoms with Crippen LogP contribution in [0.1, 0.15) is 44.4 Å². The summed E-state index contributed by atoms with van der Waals surface area (Å²) in [5, 5.41) is 17.1. The van der Waals surface area contributed by atoms with Gasteiger partial charge in [-0.15, -0.1) is 5.10 Å². The van der Waals surface area contributed by atoms with Crippen molar-refractivity contribution in [1.82, 2.24) is 15.1 Å². The van der Waals surface area contributed by atoms with E-state index in [9.17, 15) is 5.26 Å². The van der Waals surface area contributed by atoms with Crippen LogP contribution in [0, 0.1) is 11.3 Å². The van der Waals surface area contributed by atoms with Gasteiger partial charge >= 0.3 is 0 Å². The summed E-state index contributed by atoms with van der Waals surface area (Å²) >= 11 is 0. The maximum atomic E-state index is 9.67. The first-order valence-electron chi connectivity index (χ1n) is 8.04. The Balaban J connectivity index is 2.10. The van der Waals surface area contributed by atoms with Crippen LogP contribution in [-0.2, 0) is 11.8 Å². The summed E-state index contributed by atoms with van der Waals surface area (Å²) < 4.78 is 5.62. The smallest absolute Gasteiger partial charge is 0.244 e. The minimum absolute atomic E-state index is 0.217. The third-order valence-electron chi connectivity index (χ3n) is 4.99. The van der Waals surface area contributed by atoms with Gasteiger partial charge in [-0.3, -0.25) is 5.10 Å². The molecule has 3 rings (SSSR count). The fourth-order valence-electron chi connectivity index (χ4n) is 3.79. The summed E-state index contributed by atoms with van der Waals surface area (Å²) in [4.78, 5) is 2.41. The van der Waals surface area contributed by atoms with Crippen molar-refractivity contribution in [2.24, 2.45) is 5.73 Å². The number of hydrogen-bond donors (Lipinski definition) is 2. The first-order valence-corrected chi connectivity index (χ1v) is 8.04. The average molecular weight is 301 g/mol. The van der Waals surface area contributed by atoms with Gasteiger partial charge < -0.3 is 15.4 Å². The second-order valence-electron chi connectivity index (χ2n) is 6.10. The van der Waals surface area contributed by atoms with Gasteiger partial charge in [0.25, 0.3) is 0 Å². The fourth-order valence-corrected chi connectivity index (χ4v) is 3.79. The maximum Gasteiger partial charge on any atom is 0.244 e. The Morgan fingerprint density at radius 3 is 2.73 bits per heavy atom. The highest BCUT2D eigenvalue weighted by Crippen LogP contribution is 2.49. The molecule has 0 atom stereocenters. The number of H-pyrrole nitrogens is 1. The highest BCUT2D eigenvalue weighted by molar-refractivity contribution is 5.54. The number of aromatic nitrogens is 2. The molecule has 0 bridgehead atoms. The van der Waals surface area contributed by atoms with E-state index >= 15 is 0 Å². The van der Waals surface area contributed by atoms with Gasteiger partial charge in [0.05, 0.1) is 0 Å². The monoisotopic (exact) mass is 301 g/mol. The molecule has 1 spiro atoms. The van der Waals surface area contributed by atoms with Crippen LogP contribution in [0.3, 0.4) is 0 Å². The Morgan fingerprint density at radius 1 is 1.41 bits per heavy atom. The van der Waals surface area contributed by atoms with Gasteiger partial charge in [0.2, 0.25) is 11.8 Å². The third-order valence-corrected chi connectivity index (χ3v) is 4.99. The van der Waals surface area contributed by atoms with Crippen LogP contribution in [-0.4, -0.2) is 34.7 Å². The molecule has 1 fully saturated rings. The molecular weight excluding hydrogens is 278 g/mol. The van der Waals surface area contributed by atoms with Crippen LogP contribution in [0.2, 0.25) is 0 Å². The predicted molar refractivity (Wildman–Crippen MR) is 83.1 cm³/mol. The van der Waals surface area contributed by atoms with Crippen LogP contribution in [0.25, 0.3) is 0 Å². The second-order valence-corrected chi connectivity index (χ2v) is 6.10. The normalized spacial score (nSPS) is 20.6. The van der Waals surface area contributed by atoms with Crippen LogP contribution in [0.5, 0.6) is 5.88 Å². The van der Waals surface area contributed by atoms with Crippen molar-refractivity contribution in [3.63, 3.8) is 0 Å². The van der Waals surface area contributed by atoms with E-state index in [1.165, 1.54) is 0 Å². The molecule has 1 aromatic rings. The van der Waals surface area contributed by atoms with E-state index in [1.54, 1.807) is 0 Å². The second kappa shape index (κ2) is 5.65. The van der Waals surface area contributed by atoms with E-state index < -0.39 is 0 Å². The molecule has 0 saturated carbocycles. The van der Waals surface area contributed by atoms with Crippen molar-refractivity contribution < 1.29 is 4.74 Å². The first-order chi connectivity index (χ1) is 10.7. The van der Waals surface area contributed by atoms with Gasteiger partial charge in [-0.05, 0) is 38.9 Å². The molecule has 6 heteroatoms. The molecule has 2 aliphatic rings. The molecule has 1 saturated heterocycles. The average Bonchev–Trinajstić information content (AvgIpc) is 2.92. The molecule has 6 nitrogen and oxygen atoms in total. The minimum atomic E-state index is -0.338. The third kappa shape index (κ3) is 2.08. The van der Waals surface area contributed by atoms with Gasteiger partial charge in [0, 0.05) is 16.7 Å². The minimum Gasteiger partial charge on any atom is -0.420 e.